The average Bonchev–Trinajstić information content (AvgIpc) is 3.18. The number of hydrogen-bond acceptors (Lipinski definition) is 4. The van der Waals surface area contributed by atoms with Crippen LogP contribution in [0.25, 0.3) is 17.2 Å². The Kier molecular flexibility index (Phi) is 6.90. The number of halogens is 1. The Morgan fingerprint density at radius 3 is 2.64 bits per heavy atom. The van der Waals surface area contributed by atoms with Gasteiger partial charge in [0.05, 0.1) is 13.0 Å². The van der Waals surface area contributed by atoms with Crippen LogP contribution in [0.1, 0.15) is 41.7 Å². The van der Waals surface area contributed by atoms with E-state index < -0.39 is 0 Å². The van der Waals surface area contributed by atoms with Gasteiger partial charge in [0.15, 0.2) is 0 Å². The first-order chi connectivity index (χ1) is 16.0. The van der Waals surface area contributed by atoms with E-state index in [1.54, 1.807) is 19.1 Å². The molecule has 0 saturated carbocycles. The normalized spacial score (nSPS) is 12.3. The summed E-state index contributed by atoms with van der Waals surface area (Å²) in [5, 5.41) is 0. The van der Waals surface area contributed by atoms with Gasteiger partial charge in [-0.2, -0.15) is 0 Å². The number of carbonyl (C=O) groups excluding carboxylic acids is 1. The molecule has 0 aliphatic heterocycles. The molecule has 170 valence electrons. The number of nitrogens with two attached hydrogens (primary N) is 1. The largest absolute Gasteiger partial charge is 0.489 e. The molecule has 4 nitrogen and oxygen atoms in total. The number of rotatable bonds is 8. The number of hydrogen-bond donors (Lipinski definition) is 1. The molecule has 1 aliphatic rings. The van der Waals surface area contributed by atoms with Crippen molar-refractivity contribution in [3.8, 4) is 16.9 Å². The van der Waals surface area contributed by atoms with Crippen LogP contribution in [0.2, 0.25) is 0 Å². The van der Waals surface area contributed by atoms with Crippen molar-refractivity contribution in [2.75, 3.05) is 6.61 Å². The summed E-state index contributed by atoms with van der Waals surface area (Å²) in [5.41, 5.74) is 12.8. The molecule has 0 bridgehead atoms. The van der Waals surface area contributed by atoms with E-state index in [1.165, 1.54) is 5.57 Å². The summed E-state index contributed by atoms with van der Waals surface area (Å²) in [4.78, 5) is 12.0. The zero-order valence-corrected chi connectivity index (χ0v) is 19.0. The third-order valence-electron chi connectivity index (χ3n) is 5.78. The number of benzene rings is 3. The van der Waals surface area contributed by atoms with Crippen LogP contribution in [0.5, 0.6) is 5.75 Å². The van der Waals surface area contributed by atoms with E-state index in [0.717, 1.165) is 34.2 Å². The minimum Gasteiger partial charge on any atom is -0.489 e. The topological polar surface area (TPSA) is 61.5 Å². The molecule has 0 saturated heterocycles. The van der Waals surface area contributed by atoms with E-state index in [4.69, 9.17) is 15.2 Å². The lowest BCUT2D eigenvalue weighted by Crippen LogP contribution is -2.09. The highest BCUT2D eigenvalue weighted by Gasteiger charge is 2.20. The fourth-order valence-corrected chi connectivity index (χ4v) is 4.26. The van der Waals surface area contributed by atoms with E-state index in [0.29, 0.717) is 30.1 Å². The molecule has 0 heterocycles. The predicted octanol–water partition coefficient (Wildman–Crippen LogP) is 5.60. The van der Waals surface area contributed by atoms with Gasteiger partial charge in [-0.25, -0.2) is 4.39 Å². The lowest BCUT2D eigenvalue weighted by Gasteiger charge is -2.16. The smallest absolute Gasteiger partial charge is 0.310 e. The molecule has 5 heteroatoms. The lowest BCUT2D eigenvalue weighted by molar-refractivity contribution is -0.142. The first kappa shape index (κ1) is 22.7. The van der Waals surface area contributed by atoms with Crippen molar-refractivity contribution in [3.63, 3.8) is 0 Å². The van der Waals surface area contributed by atoms with Gasteiger partial charge in [-0.1, -0.05) is 54.1 Å². The molecule has 33 heavy (non-hydrogen) atoms. The van der Waals surface area contributed by atoms with Crippen molar-refractivity contribution >= 4 is 12.0 Å². The van der Waals surface area contributed by atoms with E-state index in [-0.39, 0.29) is 24.8 Å². The fraction of sp³-hybridized carbons (Fsp3) is 0.250. The molecule has 0 unspecified atom stereocenters. The van der Waals surface area contributed by atoms with E-state index >= 15 is 4.39 Å². The lowest BCUT2D eigenvalue weighted by atomic mass is 9.93. The molecule has 0 amide bonds. The van der Waals surface area contributed by atoms with Crippen molar-refractivity contribution < 1.29 is 18.7 Å². The number of carbonyl (C=O) groups is 1. The second kappa shape index (κ2) is 10.0. The number of fused-ring (bicyclic) bond motifs is 1. The van der Waals surface area contributed by atoms with Crippen LogP contribution in [0.3, 0.4) is 0 Å². The Balaban J connectivity index is 1.65. The summed E-state index contributed by atoms with van der Waals surface area (Å²) in [5.74, 6) is 0.0707. The van der Waals surface area contributed by atoms with Crippen LogP contribution in [0.4, 0.5) is 4.39 Å². The summed E-state index contributed by atoms with van der Waals surface area (Å²) < 4.78 is 26.4. The quantitative estimate of drug-likeness (QED) is 0.459. The summed E-state index contributed by atoms with van der Waals surface area (Å²) in [7, 11) is 0. The molecule has 4 rings (SSSR count). The summed E-state index contributed by atoms with van der Waals surface area (Å²) >= 11 is 0. The van der Waals surface area contributed by atoms with Crippen molar-refractivity contribution in [3.05, 3.63) is 93.8 Å². The first-order valence-corrected chi connectivity index (χ1v) is 11.2. The van der Waals surface area contributed by atoms with Crippen molar-refractivity contribution in [2.24, 2.45) is 5.73 Å². The van der Waals surface area contributed by atoms with Crippen LogP contribution < -0.4 is 10.5 Å². The zero-order valence-electron chi connectivity index (χ0n) is 19.0. The molecule has 1 aliphatic carbocycles. The predicted molar refractivity (Wildman–Crippen MR) is 128 cm³/mol. The van der Waals surface area contributed by atoms with Crippen LogP contribution in [0.15, 0.2) is 60.2 Å². The van der Waals surface area contributed by atoms with Gasteiger partial charge in [0, 0.05) is 23.2 Å². The Labute approximate surface area is 193 Å². The molecule has 0 aromatic heterocycles. The molecule has 0 radical (unpaired) electrons. The van der Waals surface area contributed by atoms with Gasteiger partial charge in [-0.05, 0) is 54.7 Å². The second-order valence-electron chi connectivity index (χ2n) is 8.24. The molecule has 0 spiro atoms. The van der Waals surface area contributed by atoms with E-state index in [9.17, 15) is 4.79 Å². The Morgan fingerprint density at radius 2 is 1.85 bits per heavy atom. The van der Waals surface area contributed by atoms with Crippen LogP contribution >= 0.6 is 0 Å². The number of para-hydroxylation sites is 1. The molecule has 0 fully saturated rings. The minimum atomic E-state index is -0.287. The highest BCUT2D eigenvalue weighted by molar-refractivity contribution is 5.82. The average molecular weight is 446 g/mol. The number of allylic oxidation sites excluding steroid dienone is 1. The van der Waals surface area contributed by atoms with Crippen molar-refractivity contribution in [1.82, 2.24) is 0 Å². The Bertz CT molecular complexity index is 1220. The van der Waals surface area contributed by atoms with E-state index in [1.807, 2.05) is 36.4 Å². The number of esters is 1. The maximum atomic E-state index is 15.2. The molecule has 3 aromatic carbocycles. The van der Waals surface area contributed by atoms with Crippen LogP contribution in [-0.2, 0) is 35.5 Å². The SMILES string of the molecule is CCOC(=O)Cc1ccccc1OCc1cc2c(c(-c3cccc(CN)c3F)c1)C=C(C)C2. The maximum absolute atomic E-state index is 15.2. The van der Waals surface area contributed by atoms with Crippen LogP contribution in [-0.4, -0.2) is 12.6 Å². The molecular weight excluding hydrogens is 417 g/mol. The van der Waals surface area contributed by atoms with E-state index in [2.05, 4.69) is 19.1 Å². The highest BCUT2D eigenvalue weighted by Crippen LogP contribution is 2.37. The second-order valence-corrected chi connectivity index (χ2v) is 8.24. The third-order valence-corrected chi connectivity index (χ3v) is 5.78. The van der Waals surface area contributed by atoms with Gasteiger partial charge in [0.1, 0.15) is 18.2 Å². The fourth-order valence-electron chi connectivity index (χ4n) is 4.26. The Hall–Kier alpha value is -3.44. The Morgan fingerprint density at radius 1 is 1.06 bits per heavy atom. The van der Waals surface area contributed by atoms with Gasteiger partial charge < -0.3 is 15.2 Å². The monoisotopic (exact) mass is 445 g/mol. The molecule has 0 atom stereocenters. The first-order valence-electron chi connectivity index (χ1n) is 11.2. The minimum absolute atomic E-state index is 0.150. The van der Waals surface area contributed by atoms with Crippen molar-refractivity contribution in [1.29, 1.82) is 0 Å². The number of ether oxygens (including phenoxy) is 2. The van der Waals surface area contributed by atoms with Gasteiger partial charge in [-0.3, -0.25) is 4.79 Å². The van der Waals surface area contributed by atoms with Gasteiger partial charge in [0.2, 0.25) is 0 Å². The standard InChI is InChI=1S/C28H28FNO3/c1-3-32-27(31)15-20-7-4-5-10-26(20)33-17-19-13-22-11-18(2)12-24(22)25(14-19)23-9-6-8-21(16-30)28(23)29/h4-10,12-14H,3,11,15-17,30H2,1-2H3. The zero-order chi connectivity index (χ0) is 23.4. The summed E-state index contributed by atoms with van der Waals surface area (Å²) in [6.45, 7) is 4.66. The molecular formula is C28H28FNO3. The van der Waals surface area contributed by atoms with Crippen LogP contribution in [0, 0.1) is 5.82 Å². The molecule has 3 aromatic rings. The van der Waals surface area contributed by atoms with Gasteiger partial charge in [0.25, 0.3) is 0 Å². The summed E-state index contributed by atoms with van der Waals surface area (Å²) in [6, 6.07) is 16.9. The highest BCUT2D eigenvalue weighted by atomic mass is 19.1. The van der Waals surface area contributed by atoms with Crippen molar-refractivity contribution in [2.45, 2.75) is 39.8 Å². The molecule has 2 N–H and O–H groups in total. The summed E-state index contributed by atoms with van der Waals surface area (Å²) in [6.07, 6.45) is 3.10. The van der Waals surface area contributed by atoms with Gasteiger partial charge >= 0.3 is 5.97 Å². The third kappa shape index (κ3) is 4.99. The van der Waals surface area contributed by atoms with Gasteiger partial charge in [-0.15, -0.1) is 0 Å². The maximum Gasteiger partial charge on any atom is 0.310 e.